The minimum Gasteiger partial charge on any atom is -0.496 e. The summed E-state index contributed by atoms with van der Waals surface area (Å²) in [6.45, 7) is 6.43. The van der Waals surface area contributed by atoms with Crippen molar-refractivity contribution in [2.75, 3.05) is 20.2 Å². The lowest BCUT2D eigenvalue weighted by Crippen LogP contribution is -2.19. The molecular weight excluding hydrogens is 312 g/mol. The quantitative estimate of drug-likeness (QED) is 0.819. The summed E-state index contributed by atoms with van der Waals surface area (Å²) in [5.74, 6) is 1.47. The van der Waals surface area contributed by atoms with Crippen molar-refractivity contribution in [1.29, 1.82) is 0 Å². The highest BCUT2D eigenvalue weighted by molar-refractivity contribution is 8.17. The Morgan fingerprint density at radius 1 is 1.32 bits per heavy atom. The molecule has 114 valence electrons. The third-order valence-electron chi connectivity index (χ3n) is 4.01. The molecule has 3 heterocycles. The van der Waals surface area contributed by atoms with E-state index in [1.54, 1.807) is 7.11 Å². The Morgan fingerprint density at radius 2 is 2.18 bits per heavy atom. The number of thiophene rings is 1. The zero-order chi connectivity index (χ0) is 15.3. The monoisotopic (exact) mass is 330 g/mol. The minimum atomic E-state index is 0.514. The molecule has 1 aromatic heterocycles. The van der Waals surface area contributed by atoms with Gasteiger partial charge in [0.2, 0.25) is 0 Å². The van der Waals surface area contributed by atoms with Crippen molar-refractivity contribution in [3.63, 3.8) is 0 Å². The molecule has 0 atom stereocenters. The fourth-order valence-corrected chi connectivity index (χ4v) is 5.38. The first kappa shape index (κ1) is 14.2. The number of hydrogen-bond donors (Lipinski definition) is 0. The molecule has 2 aromatic rings. The number of thioether (sulfide) groups is 1. The van der Waals surface area contributed by atoms with Gasteiger partial charge < -0.3 is 9.64 Å². The molecule has 4 rings (SSSR count). The van der Waals surface area contributed by atoms with Crippen molar-refractivity contribution >= 4 is 44.0 Å². The zero-order valence-electron chi connectivity index (χ0n) is 12.9. The van der Waals surface area contributed by atoms with Gasteiger partial charge in [-0.1, -0.05) is 31.7 Å². The SMILES string of the molecule is COc1cccc2sc(C3=C(C(C)C)SC4=NCCN43)cc12. The molecule has 0 amide bonds. The van der Waals surface area contributed by atoms with E-state index < -0.39 is 0 Å². The topological polar surface area (TPSA) is 24.8 Å². The Bertz CT molecular complexity index is 804. The first-order valence-corrected chi connectivity index (χ1v) is 9.13. The van der Waals surface area contributed by atoms with E-state index in [-0.39, 0.29) is 0 Å². The summed E-state index contributed by atoms with van der Waals surface area (Å²) in [7, 11) is 1.74. The number of allylic oxidation sites excluding steroid dienone is 1. The maximum Gasteiger partial charge on any atom is 0.168 e. The average molecular weight is 330 g/mol. The second kappa shape index (κ2) is 5.32. The largest absolute Gasteiger partial charge is 0.496 e. The molecule has 0 radical (unpaired) electrons. The van der Waals surface area contributed by atoms with Crippen LogP contribution in [0.1, 0.15) is 18.7 Å². The van der Waals surface area contributed by atoms with Gasteiger partial charge in [0.15, 0.2) is 5.17 Å². The molecule has 0 spiro atoms. The van der Waals surface area contributed by atoms with Crippen molar-refractivity contribution in [2.45, 2.75) is 13.8 Å². The number of hydrogen-bond acceptors (Lipinski definition) is 5. The van der Waals surface area contributed by atoms with E-state index in [9.17, 15) is 0 Å². The van der Waals surface area contributed by atoms with E-state index in [4.69, 9.17) is 4.74 Å². The maximum absolute atomic E-state index is 5.51. The van der Waals surface area contributed by atoms with Crippen molar-refractivity contribution in [3.05, 3.63) is 34.0 Å². The first-order chi connectivity index (χ1) is 10.7. The highest BCUT2D eigenvalue weighted by atomic mass is 32.2. The Labute approximate surface area is 138 Å². The standard InChI is InChI=1S/C17H18N2OS2/c1-10(2)16-15(19-8-7-18-17(19)22-16)14-9-11-12(20-3)5-4-6-13(11)21-14/h4-6,9-10H,7-8H2,1-3H3. The number of methoxy groups -OCH3 is 1. The van der Waals surface area contributed by atoms with Crippen LogP contribution in [0.25, 0.3) is 15.8 Å². The summed E-state index contributed by atoms with van der Waals surface area (Å²) in [6, 6.07) is 8.54. The predicted octanol–water partition coefficient (Wildman–Crippen LogP) is 4.65. The van der Waals surface area contributed by atoms with Crippen LogP contribution in [0.15, 0.2) is 34.2 Å². The smallest absolute Gasteiger partial charge is 0.168 e. The van der Waals surface area contributed by atoms with E-state index >= 15 is 0 Å². The van der Waals surface area contributed by atoms with E-state index in [1.807, 2.05) is 29.2 Å². The molecule has 5 heteroatoms. The summed E-state index contributed by atoms with van der Waals surface area (Å²) in [6.07, 6.45) is 0. The van der Waals surface area contributed by atoms with Gasteiger partial charge in [0.25, 0.3) is 0 Å². The molecule has 0 fully saturated rings. The molecule has 0 unspecified atom stereocenters. The van der Waals surface area contributed by atoms with Crippen LogP contribution >= 0.6 is 23.1 Å². The Balaban J connectivity index is 1.89. The van der Waals surface area contributed by atoms with Crippen LogP contribution in [-0.4, -0.2) is 30.3 Å². The van der Waals surface area contributed by atoms with Crippen molar-refractivity contribution < 1.29 is 4.74 Å². The number of nitrogens with zero attached hydrogens (tertiary/aromatic N) is 2. The predicted molar refractivity (Wildman–Crippen MR) is 96.7 cm³/mol. The highest BCUT2D eigenvalue weighted by Crippen LogP contribution is 2.48. The molecule has 0 aliphatic carbocycles. The van der Waals surface area contributed by atoms with Gasteiger partial charge in [-0.15, -0.1) is 11.3 Å². The summed E-state index contributed by atoms with van der Waals surface area (Å²) in [4.78, 5) is 9.78. The molecule has 0 saturated heterocycles. The second-order valence-electron chi connectivity index (χ2n) is 5.77. The van der Waals surface area contributed by atoms with Gasteiger partial charge in [-0.3, -0.25) is 4.99 Å². The Hall–Kier alpha value is -1.46. The number of ether oxygens (including phenoxy) is 1. The fourth-order valence-electron chi connectivity index (χ4n) is 2.98. The van der Waals surface area contributed by atoms with Crippen LogP contribution in [-0.2, 0) is 0 Å². The summed E-state index contributed by atoms with van der Waals surface area (Å²) in [5, 5.41) is 2.37. The van der Waals surface area contributed by atoms with E-state index in [1.165, 1.54) is 30.7 Å². The third-order valence-corrected chi connectivity index (χ3v) is 6.53. The molecule has 1 aromatic carbocycles. The number of fused-ring (bicyclic) bond motifs is 2. The number of benzene rings is 1. The van der Waals surface area contributed by atoms with Crippen LogP contribution in [0.3, 0.4) is 0 Å². The lowest BCUT2D eigenvalue weighted by Gasteiger charge is -2.16. The lowest BCUT2D eigenvalue weighted by atomic mass is 10.1. The molecule has 2 aliphatic rings. The average Bonchev–Trinajstić information content (AvgIpc) is 3.18. The first-order valence-electron chi connectivity index (χ1n) is 7.50. The van der Waals surface area contributed by atoms with Crippen molar-refractivity contribution in [1.82, 2.24) is 4.90 Å². The van der Waals surface area contributed by atoms with Gasteiger partial charge >= 0.3 is 0 Å². The minimum absolute atomic E-state index is 0.514. The lowest BCUT2D eigenvalue weighted by molar-refractivity contribution is 0.420. The van der Waals surface area contributed by atoms with E-state index in [2.05, 4.69) is 41.9 Å². The van der Waals surface area contributed by atoms with Gasteiger partial charge in [0, 0.05) is 21.5 Å². The highest BCUT2D eigenvalue weighted by Gasteiger charge is 2.34. The number of amidine groups is 1. The summed E-state index contributed by atoms with van der Waals surface area (Å²) < 4.78 is 6.79. The second-order valence-corrected chi connectivity index (χ2v) is 7.86. The molecule has 0 bridgehead atoms. The molecule has 0 N–H and O–H groups in total. The van der Waals surface area contributed by atoms with Crippen LogP contribution in [0.2, 0.25) is 0 Å². The van der Waals surface area contributed by atoms with Gasteiger partial charge in [-0.25, -0.2) is 0 Å². The molecule has 0 saturated carbocycles. The van der Waals surface area contributed by atoms with Crippen LogP contribution in [0.4, 0.5) is 0 Å². The molecule has 22 heavy (non-hydrogen) atoms. The van der Waals surface area contributed by atoms with Crippen LogP contribution < -0.4 is 4.74 Å². The van der Waals surface area contributed by atoms with Gasteiger partial charge in [-0.2, -0.15) is 0 Å². The van der Waals surface area contributed by atoms with Crippen molar-refractivity contribution in [2.24, 2.45) is 10.9 Å². The van der Waals surface area contributed by atoms with Gasteiger partial charge in [0.1, 0.15) is 5.75 Å². The maximum atomic E-state index is 5.51. The number of aliphatic imine (C=N–C) groups is 1. The van der Waals surface area contributed by atoms with Gasteiger partial charge in [-0.05, 0) is 24.1 Å². The zero-order valence-corrected chi connectivity index (χ0v) is 14.6. The normalized spacial score (nSPS) is 17.6. The van der Waals surface area contributed by atoms with Crippen LogP contribution in [0.5, 0.6) is 5.75 Å². The molecule has 2 aliphatic heterocycles. The summed E-state index contributed by atoms with van der Waals surface area (Å²) in [5.41, 5.74) is 1.36. The number of rotatable bonds is 3. The Kier molecular flexibility index (Phi) is 3.42. The third kappa shape index (κ3) is 2.07. The van der Waals surface area contributed by atoms with Gasteiger partial charge in [0.05, 0.1) is 24.2 Å². The van der Waals surface area contributed by atoms with Crippen LogP contribution in [0, 0.1) is 5.92 Å². The van der Waals surface area contributed by atoms with Crippen molar-refractivity contribution in [3.8, 4) is 5.75 Å². The summed E-state index contributed by atoms with van der Waals surface area (Å²) >= 11 is 3.69. The molecule has 3 nitrogen and oxygen atoms in total. The fraction of sp³-hybridized carbons (Fsp3) is 0.353. The van der Waals surface area contributed by atoms with E-state index in [0.29, 0.717) is 5.92 Å². The molecular formula is C17H18N2OS2. The Morgan fingerprint density at radius 3 is 2.95 bits per heavy atom. The van der Waals surface area contributed by atoms with E-state index in [0.717, 1.165) is 18.8 Å².